The molecule has 0 aromatic heterocycles. The van der Waals surface area contributed by atoms with Gasteiger partial charge in [-0.1, -0.05) is 54.1 Å². The van der Waals surface area contributed by atoms with Gasteiger partial charge in [0.2, 0.25) is 0 Å². The molecule has 0 fully saturated rings. The quantitative estimate of drug-likeness (QED) is 0.593. The van der Waals surface area contributed by atoms with E-state index in [1.807, 2.05) is 30.3 Å². The summed E-state index contributed by atoms with van der Waals surface area (Å²) in [4.78, 5) is 24.3. The second-order valence-electron chi connectivity index (χ2n) is 5.89. The van der Waals surface area contributed by atoms with Crippen molar-refractivity contribution < 1.29 is 19.1 Å². The van der Waals surface area contributed by atoms with Crippen LogP contribution in [-0.4, -0.2) is 18.5 Å². The van der Waals surface area contributed by atoms with Crippen LogP contribution in [0.4, 0.5) is 0 Å². The average Bonchev–Trinajstić information content (AvgIpc) is 2.73. The number of halogens is 1. The fourth-order valence-corrected chi connectivity index (χ4v) is 2.53. The van der Waals surface area contributed by atoms with Gasteiger partial charge < -0.3 is 14.8 Å². The van der Waals surface area contributed by atoms with Crippen molar-refractivity contribution in [3.8, 4) is 11.5 Å². The summed E-state index contributed by atoms with van der Waals surface area (Å²) in [6, 6.07) is 22.9. The highest BCUT2D eigenvalue weighted by Gasteiger charge is 2.15. The topological polar surface area (TPSA) is 64.6 Å². The van der Waals surface area contributed by atoms with Crippen LogP contribution in [0.5, 0.6) is 11.5 Å². The van der Waals surface area contributed by atoms with Gasteiger partial charge in [0.1, 0.15) is 17.1 Å². The van der Waals surface area contributed by atoms with Crippen LogP contribution in [0.3, 0.4) is 0 Å². The molecule has 0 saturated carbocycles. The fraction of sp³-hybridized carbons (Fsp3) is 0.0909. The molecule has 0 aliphatic rings. The first-order chi connectivity index (χ1) is 13.6. The van der Waals surface area contributed by atoms with Crippen LogP contribution in [-0.2, 0) is 16.1 Å². The van der Waals surface area contributed by atoms with E-state index in [1.54, 1.807) is 48.5 Å². The molecule has 3 aromatic rings. The fourth-order valence-electron chi connectivity index (χ4n) is 2.40. The van der Waals surface area contributed by atoms with Crippen molar-refractivity contribution in [3.63, 3.8) is 0 Å². The lowest BCUT2D eigenvalue weighted by molar-refractivity contribution is -0.124. The Hall–Kier alpha value is -3.31. The van der Waals surface area contributed by atoms with Gasteiger partial charge in [-0.3, -0.25) is 4.79 Å². The third-order valence-corrected chi connectivity index (χ3v) is 4.07. The minimum absolute atomic E-state index is 0.247. The number of hydrogen-bond acceptors (Lipinski definition) is 4. The summed E-state index contributed by atoms with van der Waals surface area (Å²) in [7, 11) is 0. The zero-order valence-corrected chi connectivity index (χ0v) is 15.7. The lowest BCUT2D eigenvalue weighted by Gasteiger charge is -2.11. The predicted molar refractivity (Wildman–Crippen MR) is 107 cm³/mol. The van der Waals surface area contributed by atoms with Crippen LogP contribution in [0.15, 0.2) is 78.9 Å². The van der Waals surface area contributed by atoms with Crippen LogP contribution >= 0.6 is 11.6 Å². The Morgan fingerprint density at radius 1 is 0.857 bits per heavy atom. The first-order valence-corrected chi connectivity index (χ1v) is 9.00. The maximum absolute atomic E-state index is 12.4. The monoisotopic (exact) mass is 395 g/mol. The van der Waals surface area contributed by atoms with E-state index in [0.717, 1.165) is 5.56 Å². The summed E-state index contributed by atoms with van der Waals surface area (Å²) in [5.74, 6) is -0.0679. The highest BCUT2D eigenvalue weighted by Crippen LogP contribution is 2.25. The third kappa shape index (κ3) is 5.59. The smallest absolute Gasteiger partial charge is 0.342 e. The molecule has 0 bridgehead atoms. The molecular weight excluding hydrogens is 378 g/mol. The summed E-state index contributed by atoms with van der Waals surface area (Å²) < 4.78 is 10.9. The first kappa shape index (κ1) is 19.5. The van der Waals surface area contributed by atoms with Gasteiger partial charge in [-0.25, -0.2) is 4.79 Å². The number of amides is 1. The van der Waals surface area contributed by atoms with Crippen molar-refractivity contribution in [2.75, 3.05) is 6.61 Å². The van der Waals surface area contributed by atoms with E-state index in [-0.39, 0.29) is 12.2 Å². The highest BCUT2D eigenvalue weighted by atomic mass is 35.5. The summed E-state index contributed by atoms with van der Waals surface area (Å²) in [5, 5.41) is 3.31. The van der Waals surface area contributed by atoms with Gasteiger partial charge in [-0.05, 0) is 42.0 Å². The van der Waals surface area contributed by atoms with Gasteiger partial charge in [0.05, 0.1) is 0 Å². The maximum Gasteiger partial charge on any atom is 0.342 e. The Morgan fingerprint density at radius 2 is 1.54 bits per heavy atom. The van der Waals surface area contributed by atoms with E-state index in [4.69, 9.17) is 21.1 Å². The number of esters is 1. The van der Waals surface area contributed by atoms with Crippen molar-refractivity contribution in [1.29, 1.82) is 0 Å². The van der Waals surface area contributed by atoms with Gasteiger partial charge in [0, 0.05) is 11.6 Å². The van der Waals surface area contributed by atoms with Gasteiger partial charge in [0.25, 0.3) is 5.91 Å². The third-order valence-electron chi connectivity index (χ3n) is 3.82. The summed E-state index contributed by atoms with van der Waals surface area (Å²) in [5.41, 5.74) is 1.14. The van der Waals surface area contributed by atoms with Crippen LogP contribution < -0.4 is 10.1 Å². The molecule has 0 saturated heterocycles. The van der Waals surface area contributed by atoms with Crippen molar-refractivity contribution in [3.05, 3.63) is 95.0 Å². The highest BCUT2D eigenvalue weighted by molar-refractivity contribution is 6.30. The second kappa shape index (κ2) is 9.58. The molecule has 0 aliphatic carbocycles. The normalized spacial score (nSPS) is 10.2. The Morgan fingerprint density at radius 3 is 2.29 bits per heavy atom. The van der Waals surface area contributed by atoms with E-state index in [0.29, 0.717) is 23.1 Å². The standard InChI is InChI=1S/C22H18ClNO4/c23-17-12-10-16(11-13-17)14-24-21(25)15-27-22(26)19-8-4-5-9-20(19)28-18-6-2-1-3-7-18/h1-13H,14-15H2,(H,24,25). The molecule has 5 nitrogen and oxygen atoms in total. The van der Waals surface area contributed by atoms with Crippen molar-refractivity contribution in [1.82, 2.24) is 5.32 Å². The number of ether oxygens (including phenoxy) is 2. The van der Waals surface area contributed by atoms with Crippen LogP contribution in [0, 0.1) is 0 Å². The second-order valence-corrected chi connectivity index (χ2v) is 6.33. The molecule has 0 radical (unpaired) electrons. The van der Waals surface area contributed by atoms with Crippen LogP contribution in [0.2, 0.25) is 5.02 Å². The number of rotatable bonds is 7. The van der Waals surface area contributed by atoms with E-state index >= 15 is 0 Å². The lowest BCUT2D eigenvalue weighted by Crippen LogP contribution is -2.28. The molecule has 3 rings (SSSR count). The van der Waals surface area contributed by atoms with Crippen molar-refractivity contribution >= 4 is 23.5 Å². The lowest BCUT2D eigenvalue weighted by atomic mass is 10.2. The van der Waals surface area contributed by atoms with Crippen molar-refractivity contribution in [2.45, 2.75) is 6.54 Å². The predicted octanol–water partition coefficient (Wildman–Crippen LogP) is 4.61. The summed E-state index contributed by atoms with van der Waals surface area (Å²) in [6.07, 6.45) is 0. The van der Waals surface area contributed by atoms with Gasteiger partial charge in [-0.15, -0.1) is 0 Å². The van der Waals surface area contributed by atoms with E-state index in [2.05, 4.69) is 5.32 Å². The Bertz CT molecular complexity index is 942. The zero-order chi connectivity index (χ0) is 19.8. The Labute approximate surface area is 167 Å². The van der Waals surface area contributed by atoms with Crippen LogP contribution in [0.1, 0.15) is 15.9 Å². The Balaban J connectivity index is 1.54. The number of hydrogen-bond donors (Lipinski definition) is 1. The molecule has 28 heavy (non-hydrogen) atoms. The summed E-state index contributed by atoms with van der Waals surface area (Å²) >= 11 is 5.83. The molecule has 142 valence electrons. The minimum atomic E-state index is -0.631. The largest absolute Gasteiger partial charge is 0.456 e. The Kier molecular flexibility index (Phi) is 6.65. The molecule has 6 heteroatoms. The molecule has 1 N–H and O–H groups in total. The molecule has 0 aliphatic heterocycles. The molecule has 0 unspecified atom stereocenters. The first-order valence-electron chi connectivity index (χ1n) is 8.62. The molecule has 1 amide bonds. The number of para-hydroxylation sites is 2. The van der Waals surface area contributed by atoms with Gasteiger partial charge >= 0.3 is 5.97 Å². The maximum atomic E-state index is 12.4. The molecule has 0 atom stereocenters. The van der Waals surface area contributed by atoms with Crippen LogP contribution in [0.25, 0.3) is 0 Å². The molecular formula is C22H18ClNO4. The number of carbonyl (C=O) groups is 2. The number of carbonyl (C=O) groups excluding carboxylic acids is 2. The van der Waals surface area contributed by atoms with Gasteiger partial charge in [0.15, 0.2) is 6.61 Å². The SMILES string of the molecule is O=C(COC(=O)c1ccccc1Oc1ccccc1)NCc1ccc(Cl)cc1. The van der Waals surface area contributed by atoms with Crippen molar-refractivity contribution in [2.24, 2.45) is 0 Å². The minimum Gasteiger partial charge on any atom is -0.456 e. The zero-order valence-electron chi connectivity index (χ0n) is 14.9. The molecule has 0 spiro atoms. The van der Waals surface area contributed by atoms with Gasteiger partial charge in [-0.2, -0.15) is 0 Å². The van der Waals surface area contributed by atoms with E-state index in [9.17, 15) is 9.59 Å². The summed E-state index contributed by atoms with van der Waals surface area (Å²) in [6.45, 7) is -0.0622. The van der Waals surface area contributed by atoms with E-state index in [1.165, 1.54) is 0 Å². The molecule has 3 aromatic carbocycles. The number of nitrogens with one attached hydrogen (secondary N) is 1. The number of benzene rings is 3. The van der Waals surface area contributed by atoms with E-state index < -0.39 is 11.9 Å². The molecule has 0 heterocycles. The average molecular weight is 396 g/mol.